The van der Waals surface area contributed by atoms with Gasteiger partial charge >= 0.3 is 0 Å². The van der Waals surface area contributed by atoms with Gasteiger partial charge in [-0.25, -0.2) is 4.39 Å². The molecule has 0 bridgehead atoms. The minimum Gasteiger partial charge on any atom is -0.307 e. The Morgan fingerprint density at radius 3 is 2.31 bits per heavy atom. The highest BCUT2D eigenvalue weighted by Crippen LogP contribution is 2.21. The van der Waals surface area contributed by atoms with E-state index in [1.807, 2.05) is 36.4 Å². The van der Waals surface area contributed by atoms with Crippen molar-refractivity contribution in [2.45, 2.75) is 26.6 Å². The average molecular weight is 386 g/mol. The molecule has 1 heterocycles. The summed E-state index contributed by atoms with van der Waals surface area (Å²) in [6, 6.07) is 25.2. The summed E-state index contributed by atoms with van der Waals surface area (Å²) in [5.74, 6) is -0.245. The van der Waals surface area contributed by atoms with Crippen molar-refractivity contribution < 1.29 is 4.39 Å². The van der Waals surface area contributed by atoms with Crippen LogP contribution in [0.25, 0.3) is 11.3 Å². The molecule has 0 saturated carbocycles. The molecule has 0 unspecified atom stereocenters. The number of rotatable bonds is 7. The van der Waals surface area contributed by atoms with E-state index in [-0.39, 0.29) is 5.82 Å². The van der Waals surface area contributed by atoms with Crippen molar-refractivity contribution in [2.24, 2.45) is 0 Å². The zero-order chi connectivity index (χ0) is 20.1. The highest BCUT2D eigenvalue weighted by molar-refractivity contribution is 5.60. The van der Waals surface area contributed by atoms with Gasteiger partial charge in [-0.3, -0.25) is 0 Å². The monoisotopic (exact) mass is 386 g/mol. The third-order valence-corrected chi connectivity index (χ3v) is 4.78. The second-order valence-corrected chi connectivity index (χ2v) is 7.07. The summed E-state index contributed by atoms with van der Waals surface area (Å²) in [5, 5.41) is 12.7. The number of benzene rings is 3. The number of hydrogen-bond donors (Lipinski definition) is 1. The van der Waals surface area contributed by atoms with Gasteiger partial charge in [0.15, 0.2) is 0 Å². The van der Waals surface area contributed by atoms with Crippen molar-refractivity contribution >= 4 is 0 Å². The lowest BCUT2D eigenvalue weighted by atomic mass is 10.1. The summed E-state index contributed by atoms with van der Waals surface area (Å²) in [6.45, 7) is 3.70. The van der Waals surface area contributed by atoms with Crippen LogP contribution in [-0.4, -0.2) is 15.0 Å². The Bertz CT molecular complexity index is 1070. The Morgan fingerprint density at radius 2 is 1.55 bits per heavy atom. The maximum absolute atomic E-state index is 14.0. The molecule has 5 heteroatoms. The quantitative estimate of drug-likeness (QED) is 0.499. The van der Waals surface area contributed by atoms with E-state index in [9.17, 15) is 4.39 Å². The van der Waals surface area contributed by atoms with E-state index in [0.717, 1.165) is 23.5 Å². The first kappa shape index (κ1) is 19.0. The summed E-state index contributed by atoms with van der Waals surface area (Å²) in [6.07, 6.45) is 0. The SMILES string of the molecule is Cc1ccc(CNCc2nn(Cc3ccccc3F)nc2-c2ccccc2)cc1. The zero-order valence-electron chi connectivity index (χ0n) is 16.3. The van der Waals surface area contributed by atoms with E-state index in [1.165, 1.54) is 17.2 Å². The third-order valence-electron chi connectivity index (χ3n) is 4.78. The Balaban J connectivity index is 1.55. The van der Waals surface area contributed by atoms with Gasteiger partial charge in [-0.05, 0) is 18.6 Å². The van der Waals surface area contributed by atoms with Crippen LogP contribution >= 0.6 is 0 Å². The maximum atomic E-state index is 14.0. The van der Waals surface area contributed by atoms with Crippen molar-refractivity contribution in [3.05, 3.63) is 107 Å². The summed E-state index contributed by atoms with van der Waals surface area (Å²) in [4.78, 5) is 1.57. The molecular weight excluding hydrogens is 363 g/mol. The number of hydrogen-bond acceptors (Lipinski definition) is 3. The van der Waals surface area contributed by atoms with E-state index in [1.54, 1.807) is 16.9 Å². The number of nitrogens with zero attached hydrogens (tertiary/aromatic N) is 3. The molecule has 0 aliphatic heterocycles. The van der Waals surface area contributed by atoms with Crippen LogP contribution in [0.2, 0.25) is 0 Å². The van der Waals surface area contributed by atoms with Crippen molar-refractivity contribution in [2.75, 3.05) is 0 Å². The molecule has 0 aliphatic carbocycles. The molecule has 0 radical (unpaired) electrons. The fourth-order valence-corrected chi connectivity index (χ4v) is 3.20. The molecule has 0 aliphatic rings. The van der Waals surface area contributed by atoms with E-state index < -0.39 is 0 Å². The smallest absolute Gasteiger partial charge is 0.128 e. The van der Waals surface area contributed by atoms with Crippen molar-refractivity contribution in [1.29, 1.82) is 0 Å². The molecule has 0 amide bonds. The number of nitrogens with one attached hydrogen (secondary N) is 1. The van der Waals surface area contributed by atoms with Crippen molar-refractivity contribution in [1.82, 2.24) is 20.3 Å². The van der Waals surface area contributed by atoms with Gasteiger partial charge in [0.05, 0.1) is 6.54 Å². The number of halogens is 1. The van der Waals surface area contributed by atoms with Crippen LogP contribution in [0.5, 0.6) is 0 Å². The molecular formula is C24H23FN4. The van der Waals surface area contributed by atoms with Crippen LogP contribution in [0.1, 0.15) is 22.4 Å². The van der Waals surface area contributed by atoms with Crippen LogP contribution in [0.15, 0.2) is 78.9 Å². The molecule has 0 saturated heterocycles. The molecule has 0 fully saturated rings. The molecule has 1 aromatic heterocycles. The molecule has 3 aromatic carbocycles. The predicted molar refractivity (Wildman–Crippen MR) is 113 cm³/mol. The normalized spacial score (nSPS) is 11.0. The van der Waals surface area contributed by atoms with E-state index in [2.05, 4.69) is 46.7 Å². The second kappa shape index (κ2) is 8.80. The first-order valence-electron chi connectivity index (χ1n) is 9.68. The van der Waals surface area contributed by atoms with Crippen LogP contribution in [0.3, 0.4) is 0 Å². The van der Waals surface area contributed by atoms with Crippen molar-refractivity contribution in [3.63, 3.8) is 0 Å². The zero-order valence-corrected chi connectivity index (χ0v) is 16.3. The Morgan fingerprint density at radius 1 is 0.828 bits per heavy atom. The lowest BCUT2D eigenvalue weighted by Crippen LogP contribution is -2.14. The largest absolute Gasteiger partial charge is 0.307 e. The second-order valence-electron chi connectivity index (χ2n) is 7.07. The molecule has 1 N–H and O–H groups in total. The molecule has 4 nitrogen and oxygen atoms in total. The predicted octanol–water partition coefficient (Wildman–Crippen LogP) is 4.73. The molecule has 0 atom stereocenters. The lowest BCUT2D eigenvalue weighted by Gasteiger charge is -2.05. The fraction of sp³-hybridized carbons (Fsp3) is 0.167. The van der Waals surface area contributed by atoms with Crippen LogP contribution in [0, 0.1) is 12.7 Å². The van der Waals surface area contributed by atoms with E-state index >= 15 is 0 Å². The van der Waals surface area contributed by atoms with Crippen molar-refractivity contribution in [3.8, 4) is 11.3 Å². The molecule has 146 valence electrons. The first-order chi connectivity index (χ1) is 14.2. The first-order valence-corrected chi connectivity index (χ1v) is 9.68. The maximum Gasteiger partial charge on any atom is 0.128 e. The van der Waals surface area contributed by atoms with E-state index in [0.29, 0.717) is 18.7 Å². The highest BCUT2D eigenvalue weighted by atomic mass is 19.1. The van der Waals surface area contributed by atoms with Gasteiger partial charge in [-0.1, -0.05) is 78.4 Å². The van der Waals surface area contributed by atoms with Gasteiger partial charge < -0.3 is 5.32 Å². The summed E-state index contributed by atoms with van der Waals surface area (Å²) in [5.41, 5.74) is 5.70. The molecule has 4 aromatic rings. The Hall–Kier alpha value is -3.31. The Kier molecular flexibility index (Phi) is 5.77. The Labute approximate surface area is 170 Å². The standard InChI is InChI=1S/C24H23FN4/c1-18-11-13-19(14-12-18)15-26-16-23-24(20-7-3-2-4-8-20)28-29(27-23)17-21-9-5-6-10-22(21)25/h2-14,26H,15-17H2,1H3. The van der Waals surface area contributed by atoms with Gasteiger partial charge in [0, 0.05) is 24.2 Å². The molecule has 29 heavy (non-hydrogen) atoms. The third kappa shape index (κ3) is 4.76. The summed E-state index contributed by atoms with van der Waals surface area (Å²) >= 11 is 0. The fourth-order valence-electron chi connectivity index (χ4n) is 3.20. The highest BCUT2D eigenvalue weighted by Gasteiger charge is 2.14. The van der Waals surface area contributed by atoms with Crippen LogP contribution in [-0.2, 0) is 19.6 Å². The number of aryl methyl sites for hydroxylation is 1. The molecule has 4 rings (SSSR count). The summed E-state index contributed by atoms with van der Waals surface area (Å²) < 4.78 is 14.0. The minimum absolute atomic E-state index is 0.245. The van der Waals surface area contributed by atoms with Gasteiger partial charge in [-0.2, -0.15) is 15.0 Å². The van der Waals surface area contributed by atoms with Gasteiger partial charge in [-0.15, -0.1) is 0 Å². The molecule has 0 spiro atoms. The number of aromatic nitrogens is 3. The van der Waals surface area contributed by atoms with Gasteiger partial charge in [0.1, 0.15) is 17.2 Å². The lowest BCUT2D eigenvalue weighted by molar-refractivity contribution is 0.543. The van der Waals surface area contributed by atoms with E-state index in [4.69, 9.17) is 0 Å². The average Bonchev–Trinajstić information content (AvgIpc) is 3.14. The topological polar surface area (TPSA) is 42.7 Å². The van der Waals surface area contributed by atoms with Crippen LogP contribution in [0.4, 0.5) is 4.39 Å². The minimum atomic E-state index is -0.245. The van der Waals surface area contributed by atoms with Gasteiger partial charge in [0.2, 0.25) is 0 Å². The van der Waals surface area contributed by atoms with Crippen LogP contribution < -0.4 is 5.32 Å². The summed E-state index contributed by atoms with van der Waals surface area (Å²) in [7, 11) is 0. The van der Waals surface area contributed by atoms with Gasteiger partial charge in [0.25, 0.3) is 0 Å².